The van der Waals surface area contributed by atoms with Crippen LogP contribution in [-0.2, 0) is 26.3 Å². The fourth-order valence-corrected chi connectivity index (χ4v) is 3.79. The van der Waals surface area contributed by atoms with Gasteiger partial charge in [-0.15, -0.1) is 11.3 Å². The summed E-state index contributed by atoms with van der Waals surface area (Å²) in [5.74, 6) is 0. The molecule has 2 aromatic heterocycles. The van der Waals surface area contributed by atoms with E-state index in [9.17, 15) is 0 Å². The quantitative estimate of drug-likeness (QED) is 0.874. The number of halogens is 1. The van der Waals surface area contributed by atoms with E-state index in [1.54, 1.807) is 0 Å². The Morgan fingerprint density at radius 3 is 2.79 bits per heavy atom. The Labute approximate surface area is 127 Å². The van der Waals surface area contributed by atoms with Crippen LogP contribution < -0.4 is 5.32 Å². The fraction of sp³-hybridized carbons (Fsp3) is 0.500. The second-order valence-corrected chi connectivity index (χ2v) is 6.48. The molecule has 1 unspecified atom stereocenters. The van der Waals surface area contributed by atoms with Crippen molar-refractivity contribution in [3.63, 3.8) is 0 Å². The zero-order chi connectivity index (χ0) is 13.8. The molecule has 0 bridgehead atoms. The van der Waals surface area contributed by atoms with E-state index in [4.69, 9.17) is 0 Å². The maximum Gasteiger partial charge on any atom is 0.0766 e. The molecule has 0 fully saturated rings. The monoisotopic (exact) mass is 341 g/mol. The van der Waals surface area contributed by atoms with Crippen LogP contribution in [0, 0.1) is 0 Å². The summed E-state index contributed by atoms with van der Waals surface area (Å²) < 4.78 is 3.17. The van der Waals surface area contributed by atoms with Crippen LogP contribution in [0.25, 0.3) is 0 Å². The van der Waals surface area contributed by atoms with Crippen molar-refractivity contribution in [1.29, 1.82) is 0 Å². The predicted octanol–water partition coefficient (Wildman–Crippen LogP) is 3.18. The highest BCUT2D eigenvalue weighted by molar-refractivity contribution is 9.10. The maximum absolute atomic E-state index is 4.56. The standard InChI is InChI=1S/C14H20BrN3S/c1-4-12-14(15)13(18(3)17-12)9-10(16-2)8-11-6-5-7-19-11/h5-7,10,16H,4,8-9H2,1-3H3. The van der Waals surface area contributed by atoms with Crippen molar-refractivity contribution in [3.8, 4) is 0 Å². The van der Waals surface area contributed by atoms with Gasteiger partial charge in [0.15, 0.2) is 0 Å². The Hall–Kier alpha value is -0.650. The third-order valence-electron chi connectivity index (χ3n) is 3.38. The molecule has 0 amide bonds. The highest BCUT2D eigenvalue weighted by Crippen LogP contribution is 2.23. The van der Waals surface area contributed by atoms with Crippen molar-refractivity contribution in [3.05, 3.63) is 38.3 Å². The fourth-order valence-electron chi connectivity index (χ4n) is 2.22. The van der Waals surface area contributed by atoms with Gasteiger partial charge in [0.25, 0.3) is 0 Å². The first-order chi connectivity index (χ1) is 9.15. The topological polar surface area (TPSA) is 29.9 Å². The number of aryl methyl sites for hydroxylation is 2. The number of nitrogens with one attached hydrogen (secondary N) is 1. The number of hydrogen-bond donors (Lipinski definition) is 1. The van der Waals surface area contributed by atoms with Crippen LogP contribution in [0.1, 0.15) is 23.2 Å². The molecule has 0 spiro atoms. The third kappa shape index (κ3) is 3.46. The van der Waals surface area contributed by atoms with E-state index < -0.39 is 0 Å². The third-order valence-corrected chi connectivity index (χ3v) is 5.19. The Kier molecular flexibility index (Phi) is 5.19. The van der Waals surface area contributed by atoms with E-state index in [2.05, 4.69) is 50.8 Å². The molecule has 3 nitrogen and oxygen atoms in total. The van der Waals surface area contributed by atoms with E-state index in [1.165, 1.54) is 15.0 Å². The summed E-state index contributed by atoms with van der Waals surface area (Å²) in [4.78, 5) is 1.42. The second kappa shape index (κ2) is 6.68. The Balaban J connectivity index is 2.12. The van der Waals surface area contributed by atoms with Crippen LogP contribution in [0.5, 0.6) is 0 Å². The number of rotatable bonds is 6. The van der Waals surface area contributed by atoms with Crippen molar-refractivity contribution in [2.75, 3.05) is 7.05 Å². The number of likely N-dealkylation sites (N-methyl/N-ethyl adjacent to an activating group) is 1. The molecule has 104 valence electrons. The molecule has 19 heavy (non-hydrogen) atoms. The van der Waals surface area contributed by atoms with E-state index in [1.807, 2.05) is 30.1 Å². The average molecular weight is 342 g/mol. The summed E-state index contributed by atoms with van der Waals surface area (Å²) in [6, 6.07) is 4.75. The van der Waals surface area contributed by atoms with Crippen LogP contribution in [-0.4, -0.2) is 22.9 Å². The summed E-state index contributed by atoms with van der Waals surface area (Å²) >= 11 is 5.51. The van der Waals surface area contributed by atoms with Gasteiger partial charge in [-0.1, -0.05) is 13.0 Å². The largest absolute Gasteiger partial charge is 0.316 e. The SMILES string of the molecule is CCc1nn(C)c(CC(Cc2cccs2)NC)c1Br. The molecule has 0 saturated heterocycles. The number of hydrogen-bond acceptors (Lipinski definition) is 3. The molecule has 5 heteroatoms. The predicted molar refractivity (Wildman–Crippen MR) is 84.9 cm³/mol. The Morgan fingerprint density at radius 1 is 1.47 bits per heavy atom. The zero-order valence-electron chi connectivity index (χ0n) is 11.6. The number of nitrogens with zero attached hydrogens (tertiary/aromatic N) is 2. The number of aromatic nitrogens is 2. The van der Waals surface area contributed by atoms with Crippen LogP contribution >= 0.6 is 27.3 Å². The smallest absolute Gasteiger partial charge is 0.0766 e. The van der Waals surface area contributed by atoms with E-state index in [0.717, 1.165) is 25.0 Å². The molecule has 2 aromatic rings. The van der Waals surface area contributed by atoms with E-state index in [0.29, 0.717) is 6.04 Å². The minimum atomic E-state index is 0.440. The lowest BCUT2D eigenvalue weighted by atomic mass is 10.1. The highest BCUT2D eigenvalue weighted by Gasteiger charge is 2.17. The summed E-state index contributed by atoms with van der Waals surface area (Å²) in [7, 11) is 4.06. The minimum Gasteiger partial charge on any atom is -0.316 e. The average Bonchev–Trinajstić information content (AvgIpc) is 3.00. The Morgan fingerprint density at radius 2 is 2.26 bits per heavy atom. The lowest BCUT2D eigenvalue weighted by molar-refractivity contribution is 0.535. The van der Waals surface area contributed by atoms with Crippen LogP contribution in [0.2, 0.25) is 0 Å². The summed E-state index contributed by atoms with van der Waals surface area (Å²) in [6.07, 6.45) is 3.01. The minimum absolute atomic E-state index is 0.440. The van der Waals surface area contributed by atoms with Gasteiger partial charge >= 0.3 is 0 Å². The van der Waals surface area contributed by atoms with Gasteiger partial charge < -0.3 is 5.32 Å². The molecule has 1 atom stereocenters. The number of thiophene rings is 1. The Bertz CT molecular complexity index is 519. The summed E-state index contributed by atoms with van der Waals surface area (Å²) in [5, 5.41) is 10.1. The molecule has 0 radical (unpaired) electrons. The van der Waals surface area contributed by atoms with Gasteiger partial charge in [0.1, 0.15) is 0 Å². The van der Waals surface area contributed by atoms with Gasteiger partial charge in [-0.05, 0) is 47.3 Å². The highest BCUT2D eigenvalue weighted by atomic mass is 79.9. The molecule has 0 aliphatic heterocycles. The van der Waals surface area contributed by atoms with Crippen molar-refractivity contribution >= 4 is 27.3 Å². The lowest BCUT2D eigenvalue weighted by Gasteiger charge is -2.15. The van der Waals surface area contributed by atoms with Crippen LogP contribution in [0.3, 0.4) is 0 Å². The molecular weight excluding hydrogens is 322 g/mol. The van der Waals surface area contributed by atoms with E-state index >= 15 is 0 Å². The maximum atomic E-state index is 4.56. The molecular formula is C14H20BrN3S. The van der Waals surface area contributed by atoms with Gasteiger partial charge in [0, 0.05) is 24.4 Å². The van der Waals surface area contributed by atoms with Crippen molar-refractivity contribution in [1.82, 2.24) is 15.1 Å². The molecule has 0 saturated carbocycles. The van der Waals surface area contributed by atoms with Crippen molar-refractivity contribution < 1.29 is 0 Å². The molecule has 0 aliphatic rings. The first-order valence-electron chi connectivity index (χ1n) is 6.55. The first-order valence-corrected chi connectivity index (χ1v) is 8.22. The molecule has 2 heterocycles. The second-order valence-electron chi connectivity index (χ2n) is 4.66. The van der Waals surface area contributed by atoms with Crippen molar-refractivity contribution in [2.24, 2.45) is 7.05 Å². The van der Waals surface area contributed by atoms with Crippen molar-refractivity contribution in [2.45, 2.75) is 32.2 Å². The molecule has 1 N–H and O–H groups in total. The summed E-state index contributed by atoms with van der Waals surface area (Å²) in [6.45, 7) is 2.14. The van der Waals surface area contributed by atoms with Gasteiger partial charge in [-0.3, -0.25) is 4.68 Å². The van der Waals surface area contributed by atoms with Gasteiger partial charge in [-0.2, -0.15) is 5.10 Å². The lowest BCUT2D eigenvalue weighted by Crippen LogP contribution is -2.30. The van der Waals surface area contributed by atoms with Crippen LogP contribution in [0.4, 0.5) is 0 Å². The zero-order valence-corrected chi connectivity index (χ0v) is 14.0. The van der Waals surface area contributed by atoms with Crippen LogP contribution in [0.15, 0.2) is 22.0 Å². The van der Waals surface area contributed by atoms with Gasteiger partial charge in [0.2, 0.25) is 0 Å². The summed E-state index contributed by atoms with van der Waals surface area (Å²) in [5.41, 5.74) is 2.41. The normalized spacial score (nSPS) is 12.8. The van der Waals surface area contributed by atoms with Gasteiger partial charge in [-0.25, -0.2) is 0 Å². The molecule has 0 aromatic carbocycles. The molecule has 2 rings (SSSR count). The van der Waals surface area contributed by atoms with Gasteiger partial charge in [0.05, 0.1) is 15.9 Å². The molecule has 0 aliphatic carbocycles. The van der Waals surface area contributed by atoms with E-state index in [-0.39, 0.29) is 0 Å². The first kappa shape index (κ1) is 14.8.